The summed E-state index contributed by atoms with van der Waals surface area (Å²) >= 11 is 0. The van der Waals surface area contributed by atoms with E-state index in [2.05, 4.69) is 0 Å². The zero-order valence-electron chi connectivity index (χ0n) is 12.1. The molecule has 1 atom stereocenters. The van der Waals surface area contributed by atoms with Crippen molar-refractivity contribution in [2.24, 2.45) is 5.92 Å². The molecule has 1 aromatic rings. The van der Waals surface area contributed by atoms with Crippen LogP contribution in [0.1, 0.15) is 18.4 Å². The summed E-state index contributed by atoms with van der Waals surface area (Å²) in [4.78, 5) is 12.9. The predicted octanol–water partition coefficient (Wildman–Crippen LogP) is 2.06. The number of nitrogens with zero attached hydrogens (tertiary/aromatic N) is 3. The van der Waals surface area contributed by atoms with Crippen molar-refractivity contribution in [3.8, 4) is 6.07 Å². The average Bonchev–Trinajstić information content (AvgIpc) is 3.09. The maximum atomic E-state index is 11.3. The lowest BCUT2D eigenvalue weighted by Gasteiger charge is -2.35. The van der Waals surface area contributed by atoms with E-state index in [1.165, 1.54) is 6.07 Å². The van der Waals surface area contributed by atoms with E-state index in [9.17, 15) is 10.1 Å². The van der Waals surface area contributed by atoms with Gasteiger partial charge in [-0.05, 0) is 25.0 Å². The average molecular weight is 303 g/mol. The van der Waals surface area contributed by atoms with Gasteiger partial charge in [-0.2, -0.15) is 5.26 Å². The summed E-state index contributed by atoms with van der Waals surface area (Å²) in [6.07, 6.45) is 1.72. The van der Waals surface area contributed by atoms with Crippen LogP contribution < -0.4 is 4.90 Å². The second kappa shape index (κ2) is 6.30. The van der Waals surface area contributed by atoms with Gasteiger partial charge in [0, 0.05) is 25.1 Å². The number of hydrogen-bond donors (Lipinski definition) is 0. The highest BCUT2D eigenvalue weighted by Gasteiger charge is 2.33. The molecule has 0 radical (unpaired) electrons. The molecule has 2 fully saturated rings. The number of piperidine rings is 1. The highest BCUT2D eigenvalue weighted by molar-refractivity contribution is 5.65. The Balaban J connectivity index is 1.83. The SMILES string of the molecule is N#Cc1ccc(N2CCCC(C3OCCO3)C2)c([N+](=O)[O-])c1. The van der Waals surface area contributed by atoms with Crippen LogP contribution in [-0.4, -0.2) is 37.5 Å². The first-order chi connectivity index (χ1) is 10.7. The fourth-order valence-electron chi connectivity index (χ4n) is 3.11. The number of benzene rings is 1. The van der Waals surface area contributed by atoms with E-state index in [1.807, 2.05) is 11.0 Å². The van der Waals surface area contributed by atoms with Gasteiger partial charge in [0.1, 0.15) is 5.69 Å². The molecular formula is C15H17N3O4. The number of hydrogen-bond acceptors (Lipinski definition) is 6. The Morgan fingerprint density at radius 3 is 2.82 bits per heavy atom. The van der Waals surface area contributed by atoms with Crippen LogP contribution in [0, 0.1) is 27.4 Å². The van der Waals surface area contributed by atoms with E-state index in [1.54, 1.807) is 12.1 Å². The molecule has 1 aromatic carbocycles. The van der Waals surface area contributed by atoms with E-state index in [-0.39, 0.29) is 17.9 Å². The van der Waals surface area contributed by atoms with Crippen molar-refractivity contribution in [1.82, 2.24) is 0 Å². The van der Waals surface area contributed by atoms with Crippen molar-refractivity contribution >= 4 is 11.4 Å². The van der Waals surface area contributed by atoms with Crippen LogP contribution in [0.4, 0.5) is 11.4 Å². The van der Waals surface area contributed by atoms with Crippen molar-refractivity contribution < 1.29 is 14.4 Å². The smallest absolute Gasteiger partial charge is 0.293 e. The Labute approximate surface area is 128 Å². The molecule has 7 nitrogen and oxygen atoms in total. The molecule has 116 valence electrons. The quantitative estimate of drug-likeness (QED) is 0.627. The summed E-state index contributed by atoms with van der Waals surface area (Å²) in [5.41, 5.74) is 0.839. The van der Waals surface area contributed by atoms with E-state index in [0.717, 1.165) is 19.4 Å². The van der Waals surface area contributed by atoms with Crippen molar-refractivity contribution in [1.29, 1.82) is 5.26 Å². The fraction of sp³-hybridized carbons (Fsp3) is 0.533. The summed E-state index contributed by atoms with van der Waals surface area (Å²) in [5.74, 6) is 0.214. The van der Waals surface area contributed by atoms with Crippen LogP contribution in [-0.2, 0) is 9.47 Å². The van der Waals surface area contributed by atoms with Crippen molar-refractivity contribution in [2.45, 2.75) is 19.1 Å². The minimum absolute atomic E-state index is 0.0204. The van der Waals surface area contributed by atoms with Gasteiger partial charge in [-0.1, -0.05) is 0 Å². The lowest BCUT2D eigenvalue weighted by atomic mass is 9.96. The first-order valence-electron chi connectivity index (χ1n) is 7.36. The first kappa shape index (κ1) is 14.8. The second-order valence-electron chi connectivity index (χ2n) is 5.53. The number of nitro benzene ring substituents is 1. The summed E-state index contributed by atoms with van der Waals surface area (Å²) in [6.45, 7) is 2.64. The van der Waals surface area contributed by atoms with E-state index < -0.39 is 4.92 Å². The van der Waals surface area contributed by atoms with Crippen LogP contribution in [0.5, 0.6) is 0 Å². The monoisotopic (exact) mass is 303 g/mol. The highest BCUT2D eigenvalue weighted by atomic mass is 16.7. The maximum Gasteiger partial charge on any atom is 0.293 e. The standard InChI is InChI=1S/C15H17N3O4/c16-9-11-3-4-13(14(8-11)18(19)20)17-5-1-2-12(10-17)15-21-6-7-22-15/h3-4,8,12,15H,1-2,5-7,10H2. The van der Waals surface area contributed by atoms with Crippen LogP contribution in [0.2, 0.25) is 0 Å². The van der Waals surface area contributed by atoms with Gasteiger partial charge in [-0.15, -0.1) is 0 Å². The fourth-order valence-corrected chi connectivity index (χ4v) is 3.11. The third kappa shape index (κ3) is 2.89. The lowest BCUT2D eigenvalue weighted by Crippen LogP contribution is -2.41. The molecule has 22 heavy (non-hydrogen) atoms. The highest BCUT2D eigenvalue weighted by Crippen LogP contribution is 2.34. The van der Waals surface area contributed by atoms with Gasteiger partial charge in [0.25, 0.3) is 5.69 Å². The Kier molecular flexibility index (Phi) is 4.22. The number of rotatable bonds is 3. The summed E-state index contributed by atoms with van der Waals surface area (Å²) in [6, 6.07) is 6.56. The summed E-state index contributed by atoms with van der Waals surface area (Å²) in [7, 11) is 0. The van der Waals surface area contributed by atoms with Crippen LogP contribution in [0.3, 0.4) is 0 Å². The van der Waals surface area contributed by atoms with Crippen LogP contribution >= 0.6 is 0 Å². The molecular weight excluding hydrogens is 286 g/mol. The molecule has 2 saturated heterocycles. The largest absolute Gasteiger partial charge is 0.366 e. The molecule has 2 aliphatic heterocycles. The number of nitriles is 1. The zero-order chi connectivity index (χ0) is 15.5. The molecule has 0 aliphatic carbocycles. The Hall–Kier alpha value is -2.17. The number of nitro groups is 1. The normalized spacial score (nSPS) is 22.5. The molecule has 0 bridgehead atoms. The second-order valence-corrected chi connectivity index (χ2v) is 5.53. The number of anilines is 1. The molecule has 1 unspecified atom stereocenters. The van der Waals surface area contributed by atoms with Gasteiger partial charge in [0.2, 0.25) is 0 Å². The maximum absolute atomic E-state index is 11.3. The lowest BCUT2D eigenvalue weighted by molar-refractivity contribution is -0.384. The predicted molar refractivity (Wildman–Crippen MR) is 78.4 cm³/mol. The molecule has 0 amide bonds. The number of ether oxygens (including phenoxy) is 2. The van der Waals surface area contributed by atoms with Crippen LogP contribution in [0.25, 0.3) is 0 Å². The van der Waals surface area contributed by atoms with Gasteiger partial charge < -0.3 is 14.4 Å². The summed E-state index contributed by atoms with van der Waals surface area (Å²) < 4.78 is 11.1. The van der Waals surface area contributed by atoms with Gasteiger partial charge >= 0.3 is 0 Å². The van der Waals surface area contributed by atoms with Crippen molar-refractivity contribution in [2.75, 3.05) is 31.2 Å². The zero-order valence-corrected chi connectivity index (χ0v) is 12.1. The van der Waals surface area contributed by atoms with Crippen molar-refractivity contribution in [3.05, 3.63) is 33.9 Å². The molecule has 0 aromatic heterocycles. The van der Waals surface area contributed by atoms with Gasteiger partial charge in [-0.3, -0.25) is 10.1 Å². The third-order valence-electron chi connectivity index (χ3n) is 4.13. The molecule has 7 heteroatoms. The molecule has 0 N–H and O–H groups in total. The van der Waals surface area contributed by atoms with Gasteiger partial charge in [0.05, 0.1) is 29.8 Å². The summed E-state index contributed by atoms with van der Waals surface area (Å²) in [5, 5.41) is 20.2. The van der Waals surface area contributed by atoms with Crippen LogP contribution in [0.15, 0.2) is 18.2 Å². The van der Waals surface area contributed by atoms with E-state index in [4.69, 9.17) is 14.7 Å². The Morgan fingerprint density at radius 1 is 1.36 bits per heavy atom. The van der Waals surface area contributed by atoms with Gasteiger partial charge in [0.15, 0.2) is 6.29 Å². The minimum atomic E-state index is -0.428. The molecule has 0 spiro atoms. The molecule has 2 heterocycles. The molecule has 0 saturated carbocycles. The van der Waals surface area contributed by atoms with Gasteiger partial charge in [-0.25, -0.2) is 0 Å². The topological polar surface area (TPSA) is 88.6 Å². The van der Waals surface area contributed by atoms with Crippen molar-refractivity contribution in [3.63, 3.8) is 0 Å². The van der Waals surface area contributed by atoms with E-state index in [0.29, 0.717) is 31.0 Å². The Bertz CT molecular complexity index is 607. The Morgan fingerprint density at radius 2 is 2.14 bits per heavy atom. The first-order valence-corrected chi connectivity index (χ1v) is 7.36. The molecule has 3 rings (SSSR count). The van der Waals surface area contributed by atoms with E-state index >= 15 is 0 Å². The minimum Gasteiger partial charge on any atom is -0.366 e. The molecule has 2 aliphatic rings. The third-order valence-corrected chi connectivity index (χ3v) is 4.13.